The Hall–Kier alpha value is -0.930. The first kappa shape index (κ1) is 11.2. The number of rotatable bonds is 3. The number of ketones is 1. The van der Waals surface area contributed by atoms with Crippen molar-refractivity contribution in [3.63, 3.8) is 0 Å². The Kier molecular flexibility index (Phi) is 2.89. The summed E-state index contributed by atoms with van der Waals surface area (Å²) < 4.78 is 0.931. The van der Waals surface area contributed by atoms with Gasteiger partial charge in [0.1, 0.15) is 0 Å². The number of hydrogen-bond donors (Lipinski definition) is 0. The Morgan fingerprint density at radius 2 is 2.18 bits per heavy atom. The molecule has 0 radical (unpaired) electrons. The van der Waals surface area contributed by atoms with Crippen molar-refractivity contribution in [3.8, 4) is 0 Å². The molecule has 1 aromatic heterocycles. The van der Waals surface area contributed by atoms with Gasteiger partial charge in [0.05, 0.1) is 4.88 Å². The van der Waals surface area contributed by atoms with Crippen LogP contribution in [0.1, 0.15) is 33.1 Å². The van der Waals surface area contributed by atoms with E-state index >= 15 is 0 Å². The maximum absolute atomic E-state index is 12.1. The van der Waals surface area contributed by atoms with Crippen LogP contribution in [0, 0.1) is 0 Å². The highest BCUT2D eigenvalue weighted by Gasteiger charge is 2.28. The van der Waals surface area contributed by atoms with Gasteiger partial charge in [0.25, 0.3) is 0 Å². The number of fused-ring (bicyclic) bond motifs is 1. The first-order valence-corrected chi connectivity index (χ1v) is 7.27. The summed E-state index contributed by atoms with van der Waals surface area (Å²) in [6, 6.07) is 10.3. The molecule has 0 aliphatic heterocycles. The van der Waals surface area contributed by atoms with Crippen LogP contribution in [0.2, 0.25) is 0 Å². The first-order chi connectivity index (χ1) is 8.25. The first-order valence-electron chi connectivity index (χ1n) is 5.59. The molecular weight excluding hydrogens is 296 g/mol. The highest BCUT2D eigenvalue weighted by Crippen LogP contribution is 2.38. The number of hydrogen-bond acceptors (Lipinski definition) is 2. The SMILES string of the molecule is O=C(CC1Cc2ccccc21)c1sccc1Br. The van der Waals surface area contributed by atoms with Crippen LogP contribution in [0.3, 0.4) is 0 Å². The van der Waals surface area contributed by atoms with E-state index in [4.69, 9.17) is 0 Å². The van der Waals surface area contributed by atoms with E-state index in [1.807, 2.05) is 11.4 Å². The molecule has 0 N–H and O–H groups in total. The number of halogens is 1. The molecule has 3 rings (SSSR count). The second-order valence-corrected chi connectivity index (χ2v) is 6.10. The van der Waals surface area contributed by atoms with Crippen molar-refractivity contribution < 1.29 is 4.79 Å². The van der Waals surface area contributed by atoms with Gasteiger partial charge in [0.2, 0.25) is 0 Å². The largest absolute Gasteiger partial charge is 0.293 e. The van der Waals surface area contributed by atoms with Crippen molar-refractivity contribution in [3.05, 3.63) is 56.2 Å². The molecule has 2 aromatic rings. The average Bonchev–Trinajstić information content (AvgIpc) is 2.72. The van der Waals surface area contributed by atoms with Gasteiger partial charge in [-0.25, -0.2) is 0 Å². The molecule has 0 fully saturated rings. The molecular formula is C14H11BrOS. The van der Waals surface area contributed by atoms with Crippen LogP contribution in [0.4, 0.5) is 0 Å². The monoisotopic (exact) mass is 306 g/mol. The van der Waals surface area contributed by atoms with Gasteiger partial charge >= 0.3 is 0 Å². The zero-order chi connectivity index (χ0) is 11.8. The van der Waals surface area contributed by atoms with E-state index in [-0.39, 0.29) is 5.78 Å². The maximum Gasteiger partial charge on any atom is 0.174 e. The van der Waals surface area contributed by atoms with Crippen LogP contribution in [0.5, 0.6) is 0 Å². The van der Waals surface area contributed by atoms with Crippen molar-refractivity contribution in [1.29, 1.82) is 0 Å². The summed E-state index contributed by atoms with van der Waals surface area (Å²) in [6.07, 6.45) is 1.68. The molecule has 1 aliphatic rings. The molecule has 1 atom stereocenters. The smallest absolute Gasteiger partial charge is 0.174 e. The summed E-state index contributed by atoms with van der Waals surface area (Å²) in [4.78, 5) is 13.0. The van der Waals surface area contributed by atoms with E-state index in [2.05, 4.69) is 40.2 Å². The van der Waals surface area contributed by atoms with E-state index in [9.17, 15) is 4.79 Å². The summed E-state index contributed by atoms with van der Waals surface area (Å²) in [7, 11) is 0. The predicted molar refractivity (Wildman–Crippen MR) is 73.9 cm³/mol. The molecule has 86 valence electrons. The quantitative estimate of drug-likeness (QED) is 0.767. The molecule has 1 unspecified atom stereocenters. The highest BCUT2D eigenvalue weighted by molar-refractivity contribution is 9.10. The van der Waals surface area contributed by atoms with E-state index in [1.54, 1.807) is 0 Å². The number of benzene rings is 1. The van der Waals surface area contributed by atoms with E-state index in [0.717, 1.165) is 15.8 Å². The zero-order valence-corrected chi connectivity index (χ0v) is 11.6. The summed E-state index contributed by atoms with van der Waals surface area (Å²) in [5, 5.41) is 1.95. The fraction of sp³-hybridized carbons (Fsp3) is 0.214. The van der Waals surface area contributed by atoms with Gasteiger partial charge < -0.3 is 0 Å². The third-order valence-electron chi connectivity index (χ3n) is 3.26. The van der Waals surface area contributed by atoms with Crippen LogP contribution in [-0.2, 0) is 6.42 Å². The van der Waals surface area contributed by atoms with Crippen LogP contribution < -0.4 is 0 Å². The van der Waals surface area contributed by atoms with Crippen molar-refractivity contribution in [1.82, 2.24) is 0 Å². The third kappa shape index (κ3) is 1.98. The molecule has 17 heavy (non-hydrogen) atoms. The third-order valence-corrected chi connectivity index (χ3v) is 5.14. The lowest BCUT2D eigenvalue weighted by atomic mass is 9.75. The van der Waals surface area contributed by atoms with Gasteiger partial charge in [-0.3, -0.25) is 4.79 Å². The lowest BCUT2D eigenvalue weighted by Crippen LogP contribution is -2.19. The molecule has 1 aromatic carbocycles. The zero-order valence-electron chi connectivity index (χ0n) is 9.15. The number of Topliss-reactive ketones (excluding diaryl/α,β-unsaturated/α-hetero) is 1. The fourth-order valence-electron chi connectivity index (χ4n) is 2.35. The standard InChI is InChI=1S/C14H11BrOS/c15-12-5-6-17-14(12)13(16)8-10-7-9-3-1-2-4-11(9)10/h1-6,10H,7-8H2. The Balaban J connectivity index is 1.75. The Morgan fingerprint density at radius 3 is 2.88 bits per heavy atom. The van der Waals surface area contributed by atoms with E-state index < -0.39 is 0 Å². The minimum absolute atomic E-state index is 0.256. The Labute approximate surface area is 113 Å². The van der Waals surface area contributed by atoms with Gasteiger partial charge in [-0.05, 0) is 50.8 Å². The van der Waals surface area contributed by atoms with Gasteiger partial charge in [0.15, 0.2) is 5.78 Å². The molecule has 0 bridgehead atoms. The summed E-state index contributed by atoms with van der Waals surface area (Å²) >= 11 is 4.94. The lowest BCUT2D eigenvalue weighted by Gasteiger charge is -2.29. The van der Waals surface area contributed by atoms with Crippen LogP contribution in [0.25, 0.3) is 0 Å². The second-order valence-electron chi connectivity index (χ2n) is 4.32. The number of carbonyl (C=O) groups is 1. The minimum atomic E-state index is 0.256. The topological polar surface area (TPSA) is 17.1 Å². The Morgan fingerprint density at radius 1 is 1.35 bits per heavy atom. The molecule has 1 aliphatic carbocycles. The van der Waals surface area contributed by atoms with E-state index in [1.165, 1.54) is 22.5 Å². The van der Waals surface area contributed by atoms with Gasteiger partial charge in [0, 0.05) is 10.9 Å². The summed E-state index contributed by atoms with van der Waals surface area (Å²) in [5.41, 5.74) is 2.75. The van der Waals surface area contributed by atoms with Gasteiger partial charge in [-0.2, -0.15) is 0 Å². The molecule has 1 heterocycles. The molecule has 3 heteroatoms. The lowest BCUT2D eigenvalue weighted by molar-refractivity contribution is 0.0974. The predicted octanol–water partition coefficient (Wildman–Crippen LogP) is 4.42. The number of carbonyl (C=O) groups excluding carboxylic acids is 1. The Bertz CT molecular complexity index is 573. The molecule has 0 amide bonds. The number of thiophene rings is 1. The normalized spacial score (nSPS) is 17.4. The summed E-state index contributed by atoms with van der Waals surface area (Å²) in [6.45, 7) is 0. The highest BCUT2D eigenvalue weighted by atomic mass is 79.9. The van der Waals surface area contributed by atoms with Crippen molar-refractivity contribution in [2.45, 2.75) is 18.8 Å². The fourth-order valence-corrected chi connectivity index (χ4v) is 3.90. The molecule has 1 nitrogen and oxygen atoms in total. The van der Waals surface area contributed by atoms with Crippen LogP contribution in [-0.4, -0.2) is 5.78 Å². The maximum atomic E-state index is 12.1. The molecule has 0 saturated carbocycles. The molecule has 0 spiro atoms. The van der Waals surface area contributed by atoms with Crippen molar-refractivity contribution >= 4 is 33.0 Å². The molecule has 0 saturated heterocycles. The van der Waals surface area contributed by atoms with E-state index in [0.29, 0.717) is 12.3 Å². The van der Waals surface area contributed by atoms with Gasteiger partial charge in [-0.15, -0.1) is 11.3 Å². The van der Waals surface area contributed by atoms with Crippen molar-refractivity contribution in [2.24, 2.45) is 0 Å². The minimum Gasteiger partial charge on any atom is -0.293 e. The van der Waals surface area contributed by atoms with Gasteiger partial charge in [-0.1, -0.05) is 24.3 Å². The summed E-state index contributed by atoms with van der Waals surface area (Å²) in [5.74, 6) is 0.680. The van der Waals surface area contributed by atoms with Crippen LogP contribution in [0.15, 0.2) is 40.2 Å². The van der Waals surface area contributed by atoms with Crippen LogP contribution >= 0.6 is 27.3 Å². The van der Waals surface area contributed by atoms with Crippen molar-refractivity contribution in [2.75, 3.05) is 0 Å². The second kappa shape index (κ2) is 4.39. The average molecular weight is 307 g/mol.